The van der Waals surface area contributed by atoms with Crippen LogP contribution in [-0.2, 0) is 9.59 Å². The third-order valence-electron chi connectivity index (χ3n) is 5.43. The number of rotatable bonds is 7. The predicted octanol–water partition coefficient (Wildman–Crippen LogP) is 4.34. The molecule has 8 heteroatoms. The molecule has 1 aliphatic rings. The normalized spacial score (nSPS) is 15.4. The molecule has 0 aliphatic carbocycles. The van der Waals surface area contributed by atoms with Crippen LogP contribution in [-0.4, -0.2) is 49.4 Å². The molecule has 0 bridgehead atoms. The number of benzene rings is 2. The van der Waals surface area contributed by atoms with Gasteiger partial charge in [-0.2, -0.15) is 0 Å². The van der Waals surface area contributed by atoms with E-state index < -0.39 is 6.04 Å². The topological polar surface area (TPSA) is 64.7 Å². The lowest BCUT2D eigenvalue weighted by Gasteiger charge is -2.36. The Labute approximate surface area is 193 Å². The Hall–Kier alpha value is -2.28. The van der Waals surface area contributed by atoms with Crippen molar-refractivity contribution in [3.05, 3.63) is 58.1 Å². The molecule has 0 radical (unpaired) electrons. The molecule has 31 heavy (non-hydrogen) atoms. The van der Waals surface area contributed by atoms with E-state index in [0.717, 1.165) is 44.0 Å². The molecular formula is C23H28Cl2N4O2. The molecule has 1 saturated heterocycles. The van der Waals surface area contributed by atoms with Crippen LogP contribution in [0.25, 0.3) is 0 Å². The number of hydrogen-bond donors (Lipinski definition) is 2. The van der Waals surface area contributed by atoms with Crippen molar-refractivity contribution in [2.24, 2.45) is 0 Å². The lowest BCUT2D eigenvalue weighted by molar-refractivity contribution is -0.120. The molecule has 6 nitrogen and oxygen atoms in total. The van der Waals surface area contributed by atoms with Crippen molar-refractivity contribution in [3.63, 3.8) is 0 Å². The standard InChI is InChI=1S/C23H28Cl2N4O2/c1-3-28-10-12-29(13-11-28)22-9-8-19(25)14-21(22)27-23(31)15-20(26-16(2)30)17-4-6-18(24)7-5-17/h4-9,14,20H,3,10-13,15H2,1-2H3,(H,26,30)(H,27,31). The zero-order valence-electron chi connectivity index (χ0n) is 17.8. The molecular weight excluding hydrogens is 435 g/mol. The highest BCUT2D eigenvalue weighted by Crippen LogP contribution is 2.31. The molecule has 0 aromatic heterocycles. The van der Waals surface area contributed by atoms with Crippen LogP contribution >= 0.6 is 23.2 Å². The number of piperazine rings is 1. The summed E-state index contributed by atoms with van der Waals surface area (Å²) in [5.74, 6) is -0.408. The minimum Gasteiger partial charge on any atom is -0.367 e. The minimum atomic E-state index is -0.453. The van der Waals surface area contributed by atoms with Crippen LogP contribution < -0.4 is 15.5 Å². The zero-order valence-corrected chi connectivity index (χ0v) is 19.3. The van der Waals surface area contributed by atoms with E-state index in [4.69, 9.17) is 23.2 Å². The molecule has 0 saturated carbocycles. The summed E-state index contributed by atoms with van der Waals surface area (Å²) >= 11 is 12.2. The van der Waals surface area contributed by atoms with Crippen molar-refractivity contribution in [1.82, 2.24) is 10.2 Å². The van der Waals surface area contributed by atoms with E-state index in [1.165, 1.54) is 6.92 Å². The summed E-state index contributed by atoms with van der Waals surface area (Å²) < 4.78 is 0. The molecule has 0 spiro atoms. The fraction of sp³-hybridized carbons (Fsp3) is 0.391. The second kappa shape index (κ2) is 10.8. The summed E-state index contributed by atoms with van der Waals surface area (Å²) in [6, 6.07) is 12.2. The van der Waals surface area contributed by atoms with Crippen molar-refractivity contribution in [2.45, 2.75) is 26.3 Å². The summed E-state index contributed by atoms with van der Waals surface area (Å²) in [5, 5.41) is 7.01. The number of halogens is 2. The van der Waals surface area contributed by atoms with Gasteiger partial charge in [-0.3, -0.25) is 9.59 Å². The number of hydrogen-bond acceptors (Lipinski definition) is 4. The Kier molecular flexibility index (Phi) is 8.18. The van der Waals surface area contributed by atoms with Crippen LogP contribution in [0.2, 0.25) is 10.0 Å². The molecule has 1 atom stereocenters. The van der Waals surface area contributed by atoms with Gasteiger partial charge in [0.05, 0.1) is 23.8 Å². The van der Waals surface area contributed by atoms with E-state index in [2.05, 4.69) is 27.4 Å². The van der Waals surface area contributed by atoms with Gasteiger partial charge in [0.1, 0.15) is 0 Å². The Morgan fingerprint density at radius 1 is 1.00 bits per heavy atom. The summed E-state index contributed by atoms with van der Waals surface area (Å²) in [4.78, 5) is 29.3. The first-order valence-corrected chi connectivity index (χ1v) is 11.2. The number of amides is 2. The van der Waals surface area contributed by atoms with Gasteiger partial charge in [-0.05, 0) is 42.4 Å². The molecule has 2 amide bonds. The Morgan fingerprint density at radius 3 is 2.26 bits per heavy atom. The van der Waals surface area contributed by atoms with E-state index in [1.54, 1.807) is 18.2 Å². The maximum atomic E-state index is 12.9. The second-order valence-electron chi connectivity index (χ2n) is 7.64. The van der Waals surface area contributed by atoms with Crippen LogP contribution in [0.3, 0.4) is 0 Å². The predicted molar refractivity (Wildman–Crippen MR) is 127 cm³/mol. The molecule has 1 fully saturated rings. The Morgan fingerprint density at radius 2 is 1.65 bits per heavy atom. The molecule has 1 aliphatic heterocycles. The first-order valence-electron chi connectivity index (χ1n) is 10.4. The average Bonchev–Trinajstić information content (AvgIpc) is 2.74. The summed E-state index contributed by atoms with van der Waals surface area (Å²) in [7, 11) is 0. The van der Waals surface area contributed by atoms with Gasteiger partial charge in [0.25, 0.3) is 0 Å². The fourth-order valence-electron chi connectivity index (χ4n) is 3.77. The summed E-state index contributed by atoms with van der Waals surface area (Å²) in [6.07, 6.45) is 0.0940. The highest BCUT2D eigenvalue weighted by molar-refractivity contribution is 6.31. The molecule has 2 aromatic rings. The number of carbonyl (C=O) groups excluding carboxylic acids is 2. The van der Waals surface area contributed by atoms with Gasteiger partial charge in [-0.25, -0.2) is 0 Å². The van der Waals surface area contributed by atoms with Gasteiger partial charge in [0, 0.05) is 43.1 Å². The van der Waals surface area contributed by atoms with Crippen molar-refractivity contribution in [1.29, 1.82) is 0 Å². The van der Waals surface area contributed by atoms with Gasteiger partial charge in [-0.1, -0.05) is 42.3 Å². The summed E-state index contributed by atoms with van der Waals surface area (Å²) in [6.45, 7) is 8.37. The van der Waals surface area contributed by atoms with E-state index in [-0.39, 0.29) is 18.2 Å². The number of likely N-dealkylation sites (N-methyl/N-ethyl adjacent to an activating group) is 1. The number of nitrogens with one attached hydrogen (secondary N) is 2. The van der Waals surface area contributed by atoms with Crippen LogP contribution in [0.4, 0.5) is 11.4 Å². The zero-order chi connectivity index (χ0) is 22.4. The quantitative estimate of drug-likeness (QED) is 0.641. The van der Waals surface area contributed by atoms with E-state index in [9.17, 15) is 9.59 Å². The van der Waals surface area contributed by atoms with E-state index in [1.807, 2.05) is 24.3 Å². The lowest BCUT2D eigenvalue weighted by atomic mass is 10.0. The highest BCUT2D eigenvalue weighted by Gasteiger charge is 2.21. The van der Waals surface area contributed by atoms with Gasteiger partial charge >= 0.3 is 0 Å². The van der Waals surface area contributed by atoms with Crippen molar-refractivity contribution >= 4 is 46.4 Å². The van der Waals surface area contributed by atoms with Crippen LogP contribution in [0.5, 0.6) is 0 Å². The van der Waals surface area contributed by atoms with Crippen molar-refractivity contribution in [3.8, 4) is 0 Å². The monoisotopic (exact) mass is 462 g/mol. The number of anilines is 2. The smallest absolute Gasteiger partial charge is 0.226 e. The van der Waals surface area contributed by atoms with E-state index >= 15 is 0 Å². The van der Waals surface area contributed by atoms with Crippen molar-refractivity contribution in [2.75, 3.05) is 42.9 Å². The van der Waals surface area contributed by atoms with Crippen LogP contribution in [0.15, 0.2) is 42.5 Å². The molecule has 2 aromatic carbocycles. The molecule has 3 rings (SSSR count). The highest BCUT2D eigenvalue weighted by atomic mass is 35.5. The minimum absolute atomic E-state index is 0.0940. The molecule has 2 N–H and O–H groups in total. The first kappa shape index (κ1) is 23.4. The lowest BCUT2D eigenvalue weighted by Crippen LogP contribution is -2.46. The molecule has 1 heterocycles. The largest absolute Gasteiger partial charge is 0.367 e. The third kappa shape index (κ3) is 6.60. The number of carbonyl (C=O) groups is 2. The van der Waals surface area contributed by atoms with E-state index in [0.29, 0.717) is 15.7 Å². The van der Waals surface area contributed by atoms with Crippen molar-refractivity contribution < 1.29 is 9.59 Å². The Balaban J connectivity index is 1.74. The molecule has 1 unspecified atom stereocenters. The average molecular weight is 463 g/mol. The van der Waals surface area contributed by atoms with Gasteiger partial charge in [0.2, 0.25) is 11.8 Å². The number of nitrogens with zero attached hydrogens (tertiary/aromatic N) is 2. The fourth-order valence-corrected chi connectivity index (χ4v) is 4.07. The second-order valence-corrected chi connectivity index (χ2v) is 8.51. The SMILES string of the molecule is CCN1CCN(c2ccc(Cl)cc2NC(=O)CC(NC(C)=O)c2ccc(Cl)cc2)CC1. The molecule has 166 valence electrons. The maximum absolute atomic E-state index is 12.9. The van der Waals surface area contributed by atoms with Gasteiger partial charge in [-0.15, -0.1) is 0 Å². The third-order valence-corrected chi connectivity index (χ3v) is 5.92. The van der Waals surface area contributed by atoms with Crippen LogP contribution in [0, 0.1) is 0 Å². The van der Waals surface area contributed by atoms with Crippen LogP contribution in [0.1, 0.15) is 31.9 Å². The van der Waals surface area contributed by atoms with Gasteiger partial charge < -0.3 is 20.4 Å². The Bertz CT molecular complexity index is 912. The van der Waals surface area contributed by atoms with Gasteiger partial charge in [0.15, 0.2) is 0 Å². The first-order chi connectivity index (χ1) is 14.9. The maximum Gasteiger partial charge on any atom is 0.226 e. The summed E-state index contributed by atoms with van der Waals surface area (Å²) in [5.41, 5.74) is 2.45.